The van der Waals surface area contributed by atoms with Crippen molar-refractivity contribution in [2.45, 2.75) is 109 Å². The molecule has 0 radical (unpaired) electrons. The van der Waals surface area contributed by atoms with Crippen LogP contribution in [0.4, 0.5) is 0 Å². The summed E-state index contributed by atoms with van der Waals surface area (Å²) in [4.78, 5) is 31.3. The van der Waals surface area contributed by atoms with Gasteiger partial charge in [0, 0.05) is 24.3 Å². The van der Waals surface area contributed by atoms with Gasteiger partial charge in [-0.05, 0) is 100 Å². The van der Waals surface area contributed by atoms with E-state index in [1.54, 1.807) is 11.3 Å². The normalized spacial score (nSPS) is 29.5. The molecule has 2 saturated heterocycles. The van der Waals surface area contributed by atoms with E-state index in [0.29, 0.717) is 11.6 Å². The Balaban J connectivity index is 0.000000168. The van der Waals surface area contributed by atoms with Gasteiger partial charge >= 0.3 is 0 Å². The summed E-state index contributed by atoms with van der Waals surface area (Å²) in [5.41, 5.74) is 2.34. The minimum atomic E-state index is -0.253. The molecule has 35 heavy (non-hydrogen) atoms. The van der Waals surface area contributed by atoms with Crippen LogP contribution in [0.5, 0.6) is 0 Å². The summed E-state index contributed by atoms with van der Waals surface area (Å²) >= 11 is 1.79. The predicted octanol–water partition coefficient (Wildman–Crippen LogP) is 6.71. The van der Waals surface area contributed by atoms with Gasteiger partial charge in [-0.2, -0.15) is 0 Å². The maximum atomic E-state index is 12.6. The third kappa shape index (κ3) is 4.89. The van der Waals surface area contributed by atoms with Gasteiger partial charge in [0.05, 0.1) is 0 Å². The zero-order valence-corrected chi connectivity index (χ0v) is 22.9. The summed E-state index contributed by atoms with van der Waals surface area (Å²) in [6.45, 7) is 10.7. The molecule has 2 unspecified atom stereocenters. The number of rotatable bonds is 6. The van der Waals surface area contributed by atoms with Crippen molar-refractivity contribution in [1.82, 2.24) is 9.80 Å². The second-order valence-corrected chi connectivity index (χ2v) is 11.5. The number of thiophene rings is 1. The van der Waals surface area contributed by atoms with Crippen molar-refractivity contribution in [3.8, 4) is 0 Å². The van der Waals surface area contributed by atoms with Crippen LogP contribution in [0.25, 0.3) is 0 Å². The zero-order chi connectivity index (χ0) is 24.9. The van der Waals surface area contributed by atoms with Crippen LogP contribution in [0.1, 0.15) is 96.3 Å². The number of likely N-dealkylation sites (tertiary alicyclic amines) is 2. The number of allylic oxidation sites excluding steroid dienone is 2. The summed E-state index contributed by atoms with van der Waals surface area (Å²) in [5, 5.41) is 2.12. The largest absolute Gasteiger partial charge is 0.297 e. The number of hydrogen-bond acceptors (Lipinski definition) is 5. The van der Waals surface area contributed by atoms with E-state index in [4.69, 9.17) is 0 Å². The van der Waals surface area contributed by atoms with Crippen molar-refractivity contribution in [3.05, 3.63) is 45.7 Å². The lowest BCUT2D eigenvalue weighted by Gasteiger charge is -2.41. The fourth-order valence-electron chi connectivity index (χ4n) is 7.22. The molecular weight excluding hydrogens is 452 g/mol. The van der Waals surface area contributed by atoms with Gasteiger partial charge in [-0.15, -0.1) is 11.3 Å². The van der Waals surface area contributed by atoms with Crippen LogP contribution in [0, 0.1) is 0 Å². The Labute approximate surface area is 216 Å². The average Bonchev–Trinajstić information content (AvgIpc) is 3.61. The maximum absolute atomic E-state index is 12.6. The van der Waals surface area contributed by atoms with Crippen LogP contribution in [-0.4, -0.2) is 52.1 Å². The molecule has 0 amide bonds. The average molecular weight is 497 g/mol. The molecule has 2 aliphatic heterocycles. The van der Waals surface area contributed by atoms with Crippen molar-refractivity contribution in [1.29, 1.82) is 0 Å². The van der Waals surface area contributed by atoms with Crippen LogP contribution in [-0.2, 0) is 16.1 Å². The SMILES string of the molecule is CCC1=CCCC(=O)C12CCCN2Cc1cccs1.CCCN1CCCC12C(=O)CCC=C2CC. The molecule has 2 fully saturated rings. The van der Waals surface area contributed by atoms with E-state index in [1.165, 1.54) is 22.4 Å². The van der Waals surface area contributed by atoms with E-state index in [-0.39, 0.29) is 11.1 Å². The van der Waals surface area contributed by atoms with Crippen molar-refractivity contribution in [3.63, 3.8) is 0 Å². The molecule has 5 rings (SSSR count). The molecule has 4 aliphatic rings. The van der Waals surface area contributed by atoms with E-state index in [2.05, 4.69) is 60.2 Å². The van der Waals surface area contributed by atoms with Gasteiger partial charge in [0.1, 0.15) is 11.1 Å². The molecule has 0 bridgehead atoms. The van der Waals surface area contributed by atoms with Gasteiger partial charge in [-0.1, -0.05) is 39.0 Å². The second-order valence-electron chi connectivity index (χ2n) is 10.5. The monoisotopic (exact) mass is 496 g/mol. The molecule has 0 N–H and O–H groups in total. The topological polar surface area (TPSA) is 40.6 Å². The first kappa shape index (κ1) is 26.5. The standard InChI is InChI=1S/C16H21NOS.C14H23NO/c1-2-13-6-3-8-15(18)16(13)9-5-10-17(16)12-14-7-4-11-19-14;1-3-10-15-11-6-9-14(15)12(4-2)7-5-8-13(14)16/h4,6-7,11H,2-3,5,8-10,12H2,1H3;7H,3-6,8-11H2,1-2H3. The molecule has 4 nitrogen and oxygen atoms in total. The summed E-state index contributed by atoms with van der Waals surface area (Å²) in [6.07, 6.45) is 15.6. The van der Waals surface area contributed by atoms with Gasteiger partial charge < -0.3 is 0 Å². The summed E-state index contributed by atoms with van der Waals surface area (Å²) in [5.74, 6) is 0.943. The zero-order valence-electron chi connectivity index (χ0n) is 22.1. The Morgan fingerprint density at radius 2 is 1.43 bits per heavy atom. The van der Waals surface area contributed by atoms with Crippen molar-refractivity contribution < 1.29 is 9.59 Å². The summed E-state index contributed by atoms with van der Waals surface area (Å²) in [7, 11) is 0. The van der Waals surface area contributed by atoms with Gasteiger partial charge in [-0.25, -0.2) is 0 Å². The van der Waals surface area contributed by atoms with Crippen LogP contribution in [0.3, 0.4) is 0 Å². The highest BCUT2D eigenvalue weighted by atomic mass is 32.1. The lowest BCUT2D eigenvalue weighted by atomic mass is 9.76. The molecule has 5 heteroatoms. The van der Waals surface area contributed by atoms with Gasteiger partial charge in [-0.3, -0.25) is 19.4 Å². The van der Waals surface area contributed by atoms with Gasteiger partial charge in [0.2, 0.25) is 0 Å². The fourth-order valence-corrected chi connectivity index (χ4v) is 7.94. The minimum absolute atomic E-state index is 0.178. The first-order valence-electron chi connectivity index (χ1n) is 14.0. The quantitative estimate of drug-likeness (QED) is 0.410. The number of Topliss-reactive ketones (excluding diaryl/α,β-unsaturated/α-hetero) is 2. The fraction of sp³-hybridized carbons (Fsp3) is 0.667. The molecule has 0 aromatic carbocycles. The molecule has 0 saturated carbocycles. The number of carbonyl (C=O) groups is 2. The molecule has 2 spiro atoms. The molecule has 192 valence electrons. The minimum Gasteiger partial charge on any atom is -0.297 e. The van der Waals surface area contributed by atoms with Crippen LogP contribution in [0.2, 0.25) is 0 Å². The number of hydrogen-bond donors (Lipinski definition) is 0. The Morgan fingerprint density at radius 1 is 0.857 bits per heavy atom. The number of carbonyl (C=O) groups excluding carboxylic acids is 2. The van der Waals surface area contributed by atoms with Gasteiger partial charge in [0.25, 0.3) is 0 Å². The number of ketones is 2. The third-order valence-corrected chi connectivity index (χ3v) is 9.57. The molecule has 3 heterocycles. The highest BCUT2D eigenvalue weighted by molar-refractivity contribution is 7.09. The van der Waals surface area contributed by atoms with E-state index in [1.807, 2.05) is 0 Å². The molecular formula is C30H44N2O2S. The van der Waals surface area contributed by atoms with Gasteiger partial charge in [0.15, 0.2) is 11.6 Å². The van der Waals surface area contributed by atoms with E-state index in [0.717, 1.165) is 90.4 Å². The van der Waals surface area contributed by atoms with Crippen LogP contribution < -0.4 is 0 Å². The predicted molar refractivity (Wildman–Crippen MR) is 146 cm³/mol. The molecule has 2 aliphatic carbocycles. The Bertz CT molecular complexity index is 950. The highest BCUT2D eigenvalue weighted by Crippen LogP contribution is 2.43. The van der Waals surface area contributed by atoms with Crippen molar-refractivity contribution in [2.24, 2.45) is 0 Å². The summed E-state index contributed by atoms with van der Waals surface area (Å²) in [6, 6.07) is 4.28. The maximum Gasteiger partial charge on any atom is 0.157 e. The first-order chi connectivity index (χ1) is 17.0. The van der Waals surface area contributed by atoms with E-state index < -0.39 is 0 Å². The Kier molecular flexibility index (Phi) is 8.83. The lowest BCUT2D eigenvalue weighted by molar-refractivity contribution is -0.129. The van der Waals surface area contributed by atoms with E-state index >= 15 is 0 Å². The highest BCUT2D eigenvalue weighted by Gasteiger charge is 2.50. The van der Waals surface area contributed by atoms with Crippen molar-refractivity contribution >= 4 is 22.9 Å². The molecule has 2 atom stereocenters. The smallest absolute Gasteiger partial charge is 0.157 e. The van der Waals surface area contributed by atoms with Crippen molar-refractivity contribution in [2.75, 3.05) is 19.6 Å². The van der Waals surface area contributed by atoms with Crippen LogP contribution >= 0.6 is 11.3 Å². The lowest BCUT2D eigenvalue weighted by Crippen LogP contribution is -2.53. The molecule has 1 aromatic heterocycles. The Morgan fingerprint density at radius 3 is 1.94 bits per heavy atom. The first-order valence-corrected chi connectivity index (χ1v) is 14.9. The summed E-state index contributed by atoms with van der Waals surface area (Å²) < 4.78 is 0. The van der Waals surface area contributed by atoms with E-state index in [9.17, 15) is 9.59 Å². The second kappa shape index (κ2) is 11.7. The van der Waals surface area contributed by atoms with Crippen LogP contribution in [0.15, 0.2) is 40.8 Å². The number of nitrogens with zero attached hydrogens (tertiary/aromatic N) is 2. The molecule has 1 aromatic rings. The third-order valence-electron chi connectivity index (χ3n) is 8.70. The Hall–Kier alpha value is -1.56.